The van der Waals surface area contributed by atoms with Gasteiger partial charge in [-0.1, -0.05) is 37.5 Å². The van der Waals surface area contributed by atoms with Crippen molar-refractivity contribution in [3.63, 3.8) is 0 Å². The molecule has 4 nitrogen and oxygen atoms in total. The molecule has 1 atom stereocenters. The van der Waals surface area contributed by atoms with E-state index in [1.807, 2.05) is 0 Å². The molecule has 0 aromatic heterocycles. The van der Waals surface area contributed by atoms with E-state index >= 15 is 0 Å². The van der Waals surface area contributed by atoms with Crippen molar-refractivity contribution in [3.8, 4) is 11.5 Å². The summed E-state index contributed by atoms with van der Waals surface area (Å²) in [6.07, 6.45) is 10.3. The molecule has 1 aromatic rings. The van der Waals surface area contributed by atoms with E-state index in [0.717, 1.165) is 38.5 Å². The number of hydrogen-bond donors (Lipinski definition) is 3. The molecule has 0 aliphatic heterocycles. The Morgan fingerprint density at radius 1 is 1.38 bits per heavy atom. The molecule has 1 unspecified atom stereocenters. The summed E-state index contributed by atoms with van der Waals surface area (Å²) in [7, 11) is 0. The predicted octanol–water partition coefficient (Wildman–Crippen LogP) is 4.96. The van der Waals surface area contributed by atoms with Crippen LogP contribution in [-0.4, -0.2) is 22.7 Å². The zero-order valence-electron chi connectivity index (χ0n) is 16.0. The molecule has 142 valence electrons. The number of amides is 1. The van der Waals surface area contributed by atoms with Crippen LogP contribution in [0.2, 0.25) is 0 Å². The Bertz CT molecular complexity index is 691. The number of rotatable bonds is 8. The highest BCUT2D eigenvalue weighted by molar-refractivity contribution is 5.99. The van der Waals surface area contributed by atoms with Crippen LogP contribution in [0.1, 0.15) is 79.8 Å². The van der Waals surface area contributed by atoms with Crippen LogP contribution >= 0.6 is 0 Å². The maximum atomic E-state index is 12.7. The fourth-order valence-electron chi connectivity index (χ4n) is 3.70. The van der Waals surface area contributed by atoms with Crippen LogP contribution in [0.25, 0.3) is 0 Å². The first-order chi connectivity index (χ1) is 12.5. The predicted molar refractivity (Wildman–Crippen MR) is 106 cm³/mol. The van der Waals surface area contributed by atoms with E-state index in [-0.39, 0.29) is 23.3 Å². The highest BCUT2D eigenvalue weighted by Crippen LogP contribution is 2.43. The Morgan fingerprint density at radius 2 is 2.15 bits per heavy atom. The summed E-state index contributed by atoms with van der Waals surface area (Å²) in [5, 5.41) is 24.3. The number of benzene rings is 1. The van der Waals surface area contributed by atoms with Crippen LogP contribution in [0.3, 0.4) is 0 Å². The average molecular weight is 357 g/mol. The quantitative estimate of drug-likeness (QED) is 0.455. The van der Waals surface area contributed by atoms with Gasteiger partial charge in [-0.25, -0.2) is 0 Å². The summed E-state index contributed by atoms with van der Waals surface area (Å²) in [5.74, 6) is -0.356. The summed E-state index contributed by atoms with van der Waals surface area (Å²) in [6.45, 7) is 8.14. The summed E-state index contributed by atoms with van der Waals surface area (Å²) < 4.78 is 0. The molecule has 0 bridgehead atoms. The lowest BCUT2D eigenvalue weighted by Crippen LogP contribution is -2.25. The smallest absolute Gasteiger partial charge is 0.255 e. The van der Waals surface area contributed by atoms with Crippen molar-refractivity contribution in [1.82, 2.24) is 5.32 Å². The summed E-state index contributed by atoms with van der Waals surface area (Å²) in [4.78, 5) is 12.7. The van der Waals surface area contributed by atoms with Crippen LogP contribution < -0.4 is 5.32 Å². The molecule has 0 spiro atoms. The highest BCUT2D eigenvalue weighted by atomic mass is 16.3. The maximum absolute atomic E-state index is 12.7. The molecule has 0 heterocycles. The molecule has 0 saturated heterocycles. The number of carbonyl (C=O) groups excluding carboxylic acids is 1. The number of hydrogen-bond acceptors (Lipinski definition) is 3. The summed E-state index contributed by atoms with van der Waals surface area (Å²) in [5.41, 5.74) is 2.74. The molecule has 2 rings (SSSR count). The molecule has 1 amide bonds. The van der Waals surface area contributed by atoms with E-state index in [2.05, 4.69) is 31.8 Å². The van der Waals surface area contributed by atoms with Gasteiger partial charge in [-0.15, -0.1) is 6.58 Å². The van der Waals surface area contributed by atoms with Crippen molar-refractivity contribution in [2.24, 2.45) is 0 Å². The van der Waals surface area contributed by atoms with E-state index in [1.54, 1.807) is 12.1 Å². The zero-order valence-corrected chi connectivity index (χ0v) is 16.0. The number of unbranched alkanes of at least 4 members (excludes halogenated alkanes) is 2. The van der Waals surface area contributed by atoms with Gasteiger partial charge in [0.2, 0.25) is 0 Å². The van der Waals surface area contributed by atoms with Gasteiger partial charge in [0.05, 0.1) is 5.56 Å². The molecular formula is C22H31NO3. The van der Waals surface area contributed by atoms with Gasteiger partial charge in [0.1, 0.15) is 11.5 Å². The average Bonchev–Trinajstić information content (AvgIpc) is 2.60. The van der Waals surface area contributed by atoms with Crippen molar-refractivity contribution in [3.05, 3.63) is 47.1 Å². The third-order valence-corrected chi connectivity index (χ3v) is 5.03. The van der Waals surface area contributed by atoms with Crippen molar-refractivity contribution >= 4 is 5.91 Å². The SMILES string of the molecule is C=CCNC(=O)c1c(CCCCC)cc(O)c(C2C=C(C)CCC2)c1O. The Labute approximate surface area is 156 Å². The number of aromatic hydroxyl groups is 2. The van der Waals surface area contributed by atoms with E-state index in [1.165, 1.54) is 5.57 Å². The van der Waals surface area contributed by atoms with Crippen LogP contribution in [0.4, 0.5) is 0 Å². The van der Waals surface area contributed by atoms with Crippen LogP contribution in [-0.2, 0) is 6.42 Å². The molecule has 0 radical (unpaired) electrons. The Hall–Kier alpha value is -2.23. The molecule has 1 aromatic carbocycles. The van der Waals surface area contributed by atoms with E-state index in [0.29, 0.717) is 29.7 Å². The van der Waals surface area contributed by atoms with Crippen LogP contribution in [0, 0.1) is 0 Å². The molecule has 1 aliphatic rings. The Kier molecular flexibility index (Phi) is 7.31. The highest BCUT2D eigenvalue weighted by Gasteiger charge is 2.27. The van der Waals surface area contributed by atoms with Gasteiger partial charge in [0.25, 0.3) is 5.91 Å². The fraction of sp³-hybridized carbons (Fsp3) is 0.500. The second-order valence-corrected chi connectivity index (χ2v) is 7.16. The number of nitrogens with one attached hydrogen (secondary N) is 1. The second-order valence-electron chi connectivity index (χ2n) is 7.16. The molecular weight excluding hydrogens is 326 g/mol. The number of phenols is 2. The first-order valence-corrected chi connectivity index (χ1v) is 9.63. The summed E-state index contributed by atoms with van der Waals surface area (Å²) >= 11 is 0. The maximum Gasteiger partial charge on any atom is 0.255 e. The third-order valence-electron chi connectivity index (χ3n) is 5.03. The van der Waals surface area contributed by atoms with Crippen LogP contribution in [0.15, 0.2) is 30.4 Å². The molecule has 1 aliphatic carbocycles. The minimum absolute atomic E-state index is 0.0561. The van der Waals surface area contributed by atoms with Gasteiger partial charge in [0.15, 0.2) is 0 Å². The molecule has 26 heavy (non-hydrogen) atoms. The molecule has 4 heteroatoms. The second kappa shape index (κ2) is 9.46. The van der Waals surface area contributed by atoms with Gasteiger partial charge in [-0.05, 0) is 50.7 Å². The third kappa shape index (κ3) is 4.69. The number of phenolic OH excluding ortho intramolecular Hbond substituents is 2. The topological polar surface area (TPSA) is 69.6 Å². The fourth-order valence-corrected chi connectivity index (χ4v) is 3.70. The van der Waals surface area contributed by atoms with E-state index in [9.17, 15) is 15.0 Å². The lowest BCUT2D eigenvalue weighted by atomic mass is 9.83. The lowest BCUT2D eigenvalue weighted by molar-refractivity contribution is 0.0954. The normalized spacial score (nSPS) is 16.8. The largest absolute Gasteiger partial charge is 0.507 e. The Morgan fingerprint density at radius 3 is 2.81 bits per heavy atom. The number of aryl methyl sites for hydroxylation is 1. The van der Waals surface area contributed by atoms with Gasteiger partial charge < -0.3 is 15.5 Å². The van der Waals surface area contributed by atoms with Gasteiger partial charge in [0, 0.05) is 18.0 Å². The minimum Gasteiger partial charge on any atom is -0.507 e. The van der Waals surface area contributed by atoms with Crippen molar-refractivity contribution in [2.45, 2.75) is 64.7 Å². The number of carbonyl (C=O) groups is 1. The molecule has 3 N–H and O–H groups in total. The van der Waals surface area contributed by atoms with Gasteiger partial charge in [-0.3, -0.25) is 4.79 Å². The standard InChI is InChI=1S/C22H31NO3/c1-4-6-7-10-17-14-18(24)19(16-11-8-9-15(3)13-16)21(25)20(17)22(26)23-12-5-2/h5,13-14,16,24-25H,2,4,6-12H2,1,3H3,(H,23,26). The van der Waals surface area contributed by atoms with E-state index in [4.69, 9.17) is 0 Å². The van der Waals surface area contributed by atoms with Crippen molar-refractivity contribution in [2.75, 3.05) is 6.54 Å². The van der Waals surface area contributed by atoms with Crippen molar-refractivity contribution < 1.29 is 15.0 Å². The van der Waals surface area contributed by atoms with E-state index < -0.39 is 0 Å². The van der Waals surface area contributed by atoms with Crippen molar-refractivity contribution in [1.29, 1.82) is 0 Å². The lowest BCUT2D eigenvalue weighted by Gasteiger charge is -2.24. The van der Waals surface area contributed by atoms with Crippen LogP contribution in [0.5, 0.6) is 11.5 Å². The molecule has 0 saturated carbocycles. The van der Waals surface area contributed by atoms with Gasteiger partial charge >= 0.3 is 0 Å². The monoisotopic (exact) mass is 357 g/mol. The first-order valence-electron chi connectivity index (χ1n) is 9.63. The zero-order chi connectivity index (χ0) is 19.1. The number of allylic oxidation sites excluding steroid dienone is 2. The molecule has 0 fully saturated rings. The minimum atomic E-state index is -0.313. The Balaban J connectivity index is 2.48. The first kappa shape index (κ1) is 20.1. The summed E-state index contributed by atoms with van der Waals surface area (Å²) in [6, 6.07) is 1.67. The van der Waals surface area contributed by atoms with Gasteiger partial charge in [-0.2, -0.15) is 0 Å².